The Morgan fingerprint density at radius 1 is 1.08 bits per heavy atom. The third-order valence-electron chi connectivity index (χ3n) is 3.33. The molecule has 0 saturated carbocycles. The van der Waals surface area contributed by atoms with Crippen molar-refractivity contribution in [1.29, 1.82) is 0 Å². The highest BCUT2D eigenvalue weighted by atomic mass is 19.1. The maximum absolute atomic E-state index is 14.3. The first-order valence-electron chi connectivity index (χ1n) is 7.19. The van der Waals surface area contributed by atoms with E-state index in [4.69, 9.17) is 14.6 Å². The monoisotopic (exact) mass is 345 g/mol. The van der Waals surface area contributed by atoms with Gasteiger partial charge in [0.2, 0.25) is 0 Å². The van der Waals surface area contributed by atoms with Gasteiger partial charge >= 0.3 is 5.97 Å². The Labute approximate surface area is 143 Å². The molecule has 130 valence electrons. The molecule has 2 rings (SSSR count). The number of carbonyl (C=O) groups excluding carboxylic acids is 1. The predicted molar refractivity (Wildman–Crippen MR) is 90.7 cm³/mol. The fraction of sp³-hybridized carbons (Fsp3) is 0.111. The minimum absolute atomic E-state index is 0.0800. The van der Waals surface area contributed by atoms with Gasteiger partial charge in [0.25, 0.3) is 5.91 Å². The van der Waals surface area contributed by atoms with Gasteiger partial charge in [-0.3, -0.25) is 4.79 Å². The second-order valence-electron chi connectivity index (χ2n) is 4.90. The third-order valence-corrected chi connectivity index (χ3v) is 3.33. The van der Waals surface area contributed by atoms with Gasteiger partial charge < -0.3 is 19.9 Å². The average molecular weight is 345 g/mol. The van der Waals surface area contributed by atoms with Crippen molar-refractivity contribution in [1.82, 2.24) is 0 Å². The van der Waals surface area contributed by atoms with E-state index in [1.807, 2.05) is 0 Å². The second-order valence-corrected chi connectivity index (χ2v) is 4.90. The van der Waals surface area contributed by atoms with Crippen LogP contribution in [0.3, 0.4) is 0 Å². The number of amides is 1. The van der Waals surface area contributed by atoms with Gasteiger partial charge in [-0.1, -0.05) is 12.1 Å². The van der Waals surface area contributed by atoms with Crippen molar-refractivity contribution in [3.05, 3.63) is 59.7 Å². The molecular formula is C18H16FNO5. The highest BCUT2D eigenvalue weighted by Crippen LogP contribution is 2.30. The van der Waals surface area contributed by atoms with Gasteiger partial charge in [-0.05, 0) is 30.3 Å². The maximum Gasteiger partial charge on any atom is 0.337 e. The fourth-order valence-electron chi connectivity index (χ4n) is 2.13. The smallest absolute Gasteiger partial charge is 0.337 e. The summed E-state index contributed by atoms with van der Waals surface area (Å²) in [5.41, 5.74) is 0.117. The largest absolute Gasteiger partial charge is 0.493 e. The SMILES string of the molecule is COc1ccc(/C(F)=C/C(=O)Nc2ccccc2C(=O)O)cc1OC. The number of aromatic carboxylic acids is 1. The number of rotatable bonds is 6. The minimum atomic E-state index is -1.19. The van der Waals surface area contributed by atoms with Crippen molar-refractivity contribution in [3.8, 4) is 11.5 Å². The number of benzene rings is 2. The predicted octanol–water partition coefficient (Wildman–Crippen LogP) is 3.35. The van der Waals surface area contributed by atoms with E-state index in [1.54, 1.807) is 6.07 Å². The molecule has 0 saturated heterocycles. The molecule has 25 heavy (non-hydrogen) atoms. The quantitative estimate of drug-likeness (QED) is 0.784. The lowest BCUT2D eigenvalue weighted by Crippen LogP contribution is -2.12. The van der Waals surface area contributed by atoms with E-state index < -0.39 is 17.7 Å². The molecule has 0 atom stereocenters. The molecular weight excluding hydrogens is 329 g/mol. The number of carboxylic acid groups (broad SMARTS) is 1. The molecule has 1 amide bonds. The molecule has 0 bridgehead atoms. The molecule has 0 aliphatic rings. The number of para-hydroxylation sites is 1. The number of anilines is 1. The summed E-state index contributed by atoms with van der Waals surface area (Å²) in [6.07, 6.45) is 0.736. The zero-order valence-corrected chi connectivity index (χ0v) is 13.6. The maximum atomic E-state index is 14.3. The highest BCUT2D eigenvalue weighted by Gasteiger charge is 2.13. The van der Waals surface area contributed by atoms with Gasteiger partial charge in [-0.25, -0.2) is 9.18 Å². The highest BCUT2D eigenvalue weighted by molar-refractivity contribution is 6.06. The molecule has 7 heteroatoms. The summed E-state index contributed by atoms with van der Waals surface area (Å²) in [5.74, 6) is -2.04. The van der Waals surface area contributed by atoms with Crippen LogP contribution in [-0.2, 0) is 4.79 Å². The van der Waals surface area contributed by atoms with Crippen molar-refractivity contribution in [3.63, 3.8) is 0 Å². The Hall–Kier alpha value is -3.35. The van der Waals surface area contributed by atoms with E-state index in [0.29, 0.717) is 11.5 Å². The first-order chi connectivity index (χ1) is 12.0. The molecule has 2 aromatic carbocycles. The number of nitrogens with one attached hydrogen (secondary N) is 1. The van der Waals surface area contributed by atoms with E-state index in [2.05, 4.69) is 5.32 Å². The van der Waals surface area contributed by atoms with Crippen LogP contribution in [0.1, 0.15) is 15.9 Å². The van der Waals surface area contributed by atoms with Gasteiger partial charge in [0, 0.05) is 11.6 Å². The molecule has 0 heterocycles. The molecule has 2 aromatic rings. The van der Waals surface area contributed by atoms with E-state index in [1.165, 1.54) is 50.6 Å². The second kappa shape index (κ2) is 7.96. The summed E-state index contributed by atoms with van der Waals surface area (Å²) in [4.78, 5) is 23.1. The summed E-state index contributed by atoms with van der Waals surface area (Å²) in [6.45, 7) is 0. The lowest BCUT2D eigenvalue weighted by molar-refractivity contribution is -0.111. The number of halogens is 1. The van der Waals surface area contributed by atoms with Crippen molar-refractivity contribution in [2.45, 2.75) is 0 Å². The number of hydrogen-bond donors (Lipinski definition) is 2. The van der Waals surface area contributed by atoms with Crippen molar-refractivity contribution < 1.29 is 28.6 Å². The van der Waals surface area contributed by atoms with Crippen molar-refractivity contribution in [2.24, 2.45) is 0 Å². The number of hydrogen-bond acceptors (Lipinski definition) is 4. The summed E-state index contributed by atoms with van der Waals surface area (Å²) >= 11 is 0. The molecule has 0 unspecified atom stereocenters. The fourth-order valence-corrected chi connectivity index (χ4v) is 2.13. The molecule has 0 spiro atoms. The Kier molecular flexibility index (Phi) is 5.73. The van der Waals surface area contributed by atoms with Gasteiger partial charge in [0.05, 0.1) is 25.5 Å². The minimum Gasteiger partial charge on any atom is -0.493 e. The molecule has 2 N–H and O–H groups in total. The van der Waals surface area contributed by atoms with Crippen LogP contribution in [-0.4, -0.2) is 31.2 Å². The lowest BCUT2D eigenvalue weighted by atomic mass is 10.1. The summed E-state index contributed by atoms with van der Waals surface area (Å²) in [6, 6.07) is 10.2. The molecule has 0 fully saturated rings. The molecule has 0 aromatic heterocycles. The number of methoxy groups -OCH3 is 2. The lowest BCUT2D eigenvalue weighted by Gasteiger charge is -2.09. The van der Waals surface area contributed by atoms with Crippen LogP contribution < -0.4 is 14.8 Å². The van der Waals surface area contributed by atoms with Gasteiger partial charge in [-0.15, -0.1) is 0 Å². The van der Waals surface area contributed by atoms with Crippen LogP contribution in [0, 0.1) is 0 Å². The third kappa shape index (κ3) is 4.35. The van der Waals surface area contributed by atoms with Gasteiger partial charge in [0.15, 0.2) is 11.5 Å². The summed E-state index contributed by atoms with van der Waals surface area (Å²) < 4.78 is 24.4. The van der Waals surface area contributed by atoms with E-state index in [0.717, 1.165) is 6.08 Å². The Morgan fingerprint density at radius 3 is 2.40 bits per heavy atom. The molecule has 6 nitrogen and oxygen atoms in total. The zero-order valence-electron chi connectivity index (χ0n) is 13.6. The summed E-state index contributed by atoms with van der Waals surface area (Å²) in [5, 5.41) is 11.4. The normalized spacial score (nSPS) is 10.9. The molecule has 0 aliphatic heterocycles. The Bertz CT molecular complexity index is 832. The average Bonchev–Trinajstić information content (AvgIpc) is 2.61. The Morgan fingerprint density at radius 2 is 1.76 bits per heavy atom. The first kappa shape index (κ1) is 18.0. The van der Waals surface area contributed by atoms with Crippen LogP contribution in [0.2, 0.25) is 0 Å². The zero-order chi connectivity index (χ0) is 18.4. The van der Waals surface area contributed by atoms with Crippen LogP contribution in [0.4, 0.5) is 10.1 Å². The standard InChI is InChI=1S/C18H16FNO5/c1-24-15-8-7-11(9-16(15)25-2)13(19)10-17(21)20-14-6-4-3-5-12(14)18(22)23/h3-10H,1-2H3,(H,20,21)(H,22,23)/b13-10-. The van der Waals surface area contributed by atoms with Crippen LogP contribution in [0.5, 0.6) is 11.5 Å². The van der Waals surface area contributed by atoms with Crippen molar-refractivity contribution >= 4 is 23.4 Å². The number of ether oxygens (including phenoxy) is 2. The number of carboxylic acids is 1. The van der Waals surface area contributed by atoms with Crippen molar-refractivity contribution in [2.75, 3.05) is 19.5 Å². The van der Waals surface area contributed by atoms with Crippen LogP contribution in [0.15, 0.2) is 48.5 Å². The van der Waals surface area contributed by atoms with Crippen LogP contribution in [0.25, 0.3) is 5.83 Å². The Balaban J connectivity index is 2.22. The summed E-state index contributed by atoms with van der Waals surface area (Å²) in [7, 11) is 2.87. The van der Waals surface area contributed by atoms with Crippen LogP contribution >= 0.6 is 0 Å². The number of carbonyl (C=O) groups is 2. The first-order valence-corrected chi connectivity index (χ1v) is 7.19. The molecule has 0 aliphatic carbocycles. The molecule has 0 radical (unpaired) electrons. The van der Waals surface area contributed by atoms with Gasteiger partial charge in [-0.2, -0.15) is 0 Å². The van der Waals surface area contributed by atoms with Gasteiger partial charge in [0.1, 0.15) is 5.83 Å². The topological polar surface area (TPSA) is 84.9 Å². The van der Waals surface area contributed by atoms with E-state index >= 15 is 0 Å². The van der Waals surface area contributed by atoms with E-state index in [9.17, 15) is 14.0 Å². The van der Waals surface area contributed by atoms with E-state index in [-0.39, 0.29) is 16.8 Å².